The smallest absolute Gasteiger partial charge is 0.258 e. The number of carbonyl (C=O) groups excluding carboxylic acids is 1. The molecule has 0 aromatic heterocycles. The molecule has 3 N–H and O–H groups in total. The van der Waals surface area contributed by atoms with E-state index in [2.05, 4.69) is 27.2 Å². The summed E-state index contributed by atoms with van der Waals surface area (Å²) in [6.45, 7) is 0.420. The van der Waals surface area contributed by atoms with Crippen molar-refractivity contribution < 1.29 is 14.3 Å². The number of nitrogens with two attached hydrogens (primary N) is 1. The van der Waals surface area contributed by atoms with E-state index in [4.69, 9.17) is 21.6 Å². The van der Waals surface area contributed by atoms with Gasteiger partial charge in [0.1, 0.15) is 0 Å². The summed E-state index contributed by atoms with van der Waals surface area (Å²) in [5.74, 6) is 2.98. The first-order valence-corrected chi connectivity index (χ1v) is 6.31. The third-order valence-electron chi connectivity index (χ3n) is 2.26. The van der Waals surface area contributed by atoms with Crippen molar-refractivity contribution in [1.82, 2.24) is 5.32 Å². The van der Waals surface area contributed by atoms with E-state index in [1.165, 1.54) is 7.11 Å². The van der Waals surface area contributed by atoms with E-state index >= 15 is 0 Å². The van der Waals surface area contributed by atoms with Crippen LogP contribution in [0.2, 0.25) is 0 Å². The molecule has 1 aromatic carbocycles. The molecule has 0 atom stereocenters. The van der Waals surface area contributed by atoms with Crippen LogP contribution in [0.4, 0.5) is 0 Å². The van der Waals surface area contributed by atoms with Crippen LogP contribution in [0, 0.1) is 12.3 Å². The summed E-state index contributed by atoms with van der Waals surface area (Å²) in [5, 5.41) is 2.51. The lowest BCUT2D eigenvalue weighted by Crippen LogP contribution is -2.29. The first kappa shape index (κ1) is 15.3. The average molecular weight is 327 g/mol. The predicted octanol–water partition coefficient (Wildman–Crippen LogP) is 1.04. The Balaban J connectivity index is 2.78. The normalized spacial score (nSPS) is 9.58. The fraction of sp³-hybridized carbons (Fsp3) is 0.308. The van der Waals surface area contributed by atoms with E-state index in [-0.39, 0.29) is 19.1 Å². The fourth-order valence-corrected chi connectivity index (χ4v) is 1.97. The van der Waals surface area contributed by atoms with Gasteiger partial charge in [0.25, 0.3) is 5.91 Å². The number of ether oxygens (including phenoxy) is 2. The van der Waals surface area contributed by atoms with Gasteiger partial charge in [0.05, 0.1) is 18.1 Å². The molecule has 0 radical (unpaired) electrons. The highest BCUT2D eigenvalue weighted by Gasteiger charge is 2.12. The second-order valence-corrected chi connectivity index (χ2v) is 4.44. The van der Waals surface area contributed by atoms with E-state index in [0.29, 0.717) is 22.5 Å². The molecule has 0 saturated heterocycles. The topological polar surface area (TPSA) is 73.6 Å². The summed E-state index contributed by atoms with van der Waals surface area (Å²) in [6.07, 6.45) is 5.04. The fourth-order valence-electron chi connectivity index (χ4n) is 1.37. The zero-order valence-electron chi connectivity index (χ0n) is 10.5. The van der Waals surface area contributed by atoms with Gasteiger partial charge in [-0.3, -0.25) is 4.79 Å². The molecular formula is C13H15BrN2O3. The summed E-state index contributed by atoms with van der Waals surface area (Å²) in [7, 11) is 1.52. The highest BCUT2D eigenvalue weighted by Crippen LogP contribution is 2.36. The highest BCUT2D eigenvalue weighted by molar-refractivity contribution is 9.10. The Hall–Kier alpha value is -1.71. The number of methoxy groups -OCH3 is 1. The number of nitrogens with one attached hydrogen (secondary N) is 1. The van der Waals surface area contributed by atoms with E-state index in [1.54, 1.807) is 6.07 Å². The van der Waals surface area contributed by atoms with Crippen LogP contribution in [0.25, 0.3) is 0 Å². The second-order valence-electron chi connectivity index (χ2n) is 3.58. The molecule has 0 unspecified atom stereocenters. The molecule has 1 aromatic rings. The van der Waals surface area contributed by atoms with Crippen LogP contribution >= 0.6 is 15.9 Å². The molecule has 102 valence electrons. The Morgan fingerprint density at radius 1 is 1.58 bits per heavy atom. The largest absolute Gasteiger partial charge is 0.493 e. The average Bonchev–Trinajstić information content (AvgIpc) is 2.42. The van der Waals surface area contributed by atoms with Gasteiger partial charge in [-0.2, -0.15) is 0 Å². The summed E-state index contributed by atoms with van der Waals surface area (Å²) in [5.41, 5.74) is 6.47. The lowest BCUT2D eigenvalue weighted by molar-refractivity contribution is -0.122. The van der Waals surface area contributed by atoms with Crippen LogP contribution in [0.1, 0.15) is 5.56 Å². The van der Waals surface area contributed by atoms with Gasteiger partial charge < -0.3 is 20.5 Å². The molecule has 0 heterocycles. The van der Waals surface area contributed by atoms with Crippen LogP contribution < -0.4 is 20.5 Å². The Kier molecular flexibility index (Phi) is 6.19. The van der Waals surface area contributed by atoms with Crippen LogP contribution in [-0.4, -0.2) is 26.2 Å². The van der Waals surface area contributed by atoms with E-state index in [0.717, 1.165) is 5.56 Å². The lowest BCUT2D eigenvalue weighted by atomic mass is 10.2. The number of amides is 1. The Labute approximate surface area is 120 Å². The van der Waals surface area contributed by atoms with Crippen molar-refractivity contribution >= 4 is 21.8 Å². The Bertz CT molecular complexity index is 497. The number of hydrogen-bond acceptors (Lipinski definition) is 4. The minimum Gasteiger partial charge on any atom is -0.493 e. The molecule has 1 rings (SSSR count). The van der Waals surface area contributed by atoms with Crippen LogP contribution in [0.5, 0.6) is 11.5 Å². The van der Waals surface area contributed by atoms with Crippen LogP contribution in [-0.2, 0) is 11.3 Å². The minimum absolute atomic E-state index is 0.140. The monoisotopic (exact) mass is 326 g/mol. The molecule has 19 heavy (non-hydrogen) atoms. The highest BCUT2D eigenvalue weighted by atomic mass is 79.9. The second kappa shape index (κ2) is 7.67. The Morgan fingerprint density at radius 2 is 2.32 bits per heavy atom. The van der Waals surface area contributed by atoms with Crippen LogP contribution in [0.3, 0.4) is 0 Å². The zero-order valence-corrected chi connectivity index (χ0v) is 12.1. The summed E-state index contributed by atoms with van der Waals surface area (Å²) in [4.78, 5) is 11.4. The van der Waals surface area contributed by atoms with Gasteiger partial charge in [-0.05, 0) is 33.6 Å². The van der Waals surface area contributed by atoms with Crippen molar-refractivity contribution in [3.05, 3.63) is 22.2 Å². The first-order valence-electron chi connectivity index (χ1n) is 5.51. The summed E-state index contributed by atoms with van der Waals surface area (Å²) in [6, 6.07) is 3.58. The molecule has 0 bridgehead atoms. The van der Waals surface area contributed by atoms with Gasteiger partial charge in [-0.1, -0.05) is 5.92 Å². The maximum atomic E-state index is 11.4. The first-order chi connectivity index (χ1) is 9.12. The quantitative estimate of drug-likeness (QED) is 0.766. The number of hydrogen-bond donors (Lipinski definition) is 2. The molecule has 5 nitrogen and oxygen atoms in total. The van der Waals surface area contributed by atoms with Gasteiger partial charge in [-0.25, -0.2) is 0 Å². The van der Waals surface area contributed by atoms with Gasteiger partial charge in [-0.15, -0.1) is 6.42 Å². The van der Waals surface area contributed by atoms with Crippen molar-refractivity contribution in [3.8, 4) is 23.8 Å². The van der Waals surface area contributed by atoms with E-state index in [1.807, 2.05) is 6.07 Å². The predicted molar refractivity (Wildman–Crippen MR) is 75.9 cm³/mol. The maximum Gasteiger partial charge on any atom is 0.258 e. The van der Waals surface area contributed by atoms with E-state index in [9.17, 15) is 4.79 Å². The maximum absolute atomic E-state index is 11.4. The molecule has 0 fully saturated rings. The lowest BCUT2D eigenvalue weighted by Gasteiger charge is -2.13. The Morgan fingerprint density at radius 3 is 2.89 bits per heavy atom. The number of benzene rings is 1. The molecule has 0 spiro atoms. The molecule has 0 aliphatic carbocycles. The third-order valence-corrected chi connectivity index (χ3v) is 2.85. The van der Waals surface area contributed by atoms with Gasteiger partial charge >= 0.3 is 0 Å². The molecule has 0 saturated carbocycles. The zero-order chi connectivity index (χ0) is 14.3. The van der Waals surface area contributed by atoms with Crippen LogP contribution in [0.15, 0.2) is 16.6 Å². The molecule has 0 aliphatic rings. The standard InChI is InChI=1S/C13H15BrN2O3/c1-3-4-16-12(17)8-19-13-10(14)5-9(7-15)6-11(13)18-2/h1,5-6H,4,7-8,15H2,2H3,(H,16,17). The number of terminal acetylenes is 1. The number of carbonyl (C=O) groups is 1. The van der Waals surface area contributed by atoms with Crippen molar-refractivity contribution in [2.45, 2.75) is 6.54 Å². The molecule has 0 aliphatic heterocycles. The van der Waals surface area contributed by atoms with Crippen molar-refractivity contribution in [1.29, 1.82) is 0 Å². The van der Waals surface area contributed by atoms with Crippen molar-refractivity contribution in [2.75, 3.05) is 20.3 Å². The minimum atomic E-state index is -0.296. The van der Waals surface area contributed by atoms with Crippen molar-refractivity contribution in [3.63, 3.8) is 0 Å². The number of rotatable bonds is 6. The molecule has 6 heteroatoms. The van der Waals surface area contributed by atoms with Gasteiger partial charge in [0.2, 0.25) is 0 Å². The number of halogens is 1. The molecule has 1 amide bonds. The van der Waals surface area contributed by atoms with Gasteiger partial charge in [0, 0.05) is 6.54 Å². The van der Waals surface area contributed by atoms with Crippen molar-refractivity contribution in [2.24, 2.45) is 5.73 Å². The SMILES string of the molecule is C#CCNC(=O)COc1c(Br)cc(CN)cc1OC. The third kappa shape index (κ3) is 4.47. The van der Waals surface area contributed by atoms with Gasteiger partial charge in [0.15, 0.2) is 18.1 Å². The summed E-state index contributed by atoms with van der Waals surface area (Å²) >= 11 is 3.36. The summed E-state index contributed by atoms with van der Waals surface area (Å²) < 4.78 is 11.3. The molecular weight excluding hydrogens is 312 g/mol. The van der Waals surface area contributed by atoms with E-state index < -0.39 is 0 Å².